The molecule has 0 aromatic heterocycles. The van der Waals surface area contributed by atoms with Gasteiger partial charge in [0.05, 0.1) is 9.67 Å². The SMILES string of the molecule is CC1(CBr)SC2C(NC(=O)COc3ccccc3)C(=O)N2C1C(=O)OCc1ccc([N+](=O)[O-])cc1. The summed E-state index contributed by atoms with van der Waals surface area (Å²) in [5.41, 5.74) is 0.528. The summed E-state index contributed by atoms with van der Waals surface area (Å²) in [6, 6.07) is 12.9. The summed E-state index contributed by atoms with van der Waals surface area (Å²) in [6.45, 7) is 1.54. The van der Waals surface area contributed by atoms with Crippen molar-refractivity contribution in [3.05, 3.63) is 70.3 Å². The first-order valence-corrected chi connectivity index (χ1v) is 12.7. The Hall–Kier alpha value is -3.12. The molecule has 0 bridgehead atoms. The van der Waals surface area contributed by atoms with Gasteiger partial charge in [-0.1, -0.05) is 34.1 Å². The van der Waals surface area contributed by atoms with E-state index in [0.29, 0.717) is 16.6 Å². The topological polar surface area (TPSA) is 128 Å². The maximum absolute atomic E-state index is 13.0. The van der Waals surface area contributed by atoms with Crippen molar-refractivity contribution in [3.63, 3.8) is 0 Å². The van der Waals surface area contributed by atoms with Crippen LogP contribution in [0.3, 0.4) is 0 Å². The van der Waals surface area contributed by atoms with E-state index in [1.165, 1.54) is 40.9 Å². The monoisotopic (exact) mass is 563 g/mol. The number of amides is 2. The number of nitro groups is 1. The molecule has 184 valence electrons. The number of thioether (sulfide) groups is 1. The number of hydrogen-bond donors (Lipinski definition) is 1. The third kappa shape index (κ3) is 5.13. The number of β-lactam (4-membered cyclic amide) rings is 1. The Morgan fingerprint density at radius 2 is 1.89 bits per heavy atom. The van der Waals surface area contributed by atoms with Gasteiger partial charge in [-0.25, -0.2) is 4.79 Å². The summed E-state index contributed by atoms with van der Waals surface area (Å²) < 4.78 is 10.2. The number of benzene rings is 2. The summed E-state index contributed by atoms with van der Waals surface area (Å²) >= 11 is 4.87. The normalized spacial score (nSPS) is 24.8. The highest BCUT2D eigenvalue weighted by molar-refractivity contribution is 9.09. The molecular formula is C23H22BrN3O7S. The van der Waals surface area contributed by atoms with Crippen LogP contribution in [0.15, 0.2) is 54.6 Å². The van der Waals surface area contributed by atoms with Gasteiger partial charge < -0.3 is 19.7 Å². The molecule has 2 fully saturated rings. The van der Waals surface area contributed by atoms with Crippen LogP contribution in [-0.2, 0) is 25.7 Å². The average molecular weight is 564 g/mol. The third-order valence-corrected chi connectivity index (χ3v) is 8.96. The molecule has 2 aromatic carbocycles. The van der Waals surface area contributed by atoms with Crippen LogP contribution in [-0.4, -0.2) is 61.7 Å². The van der Waals surface area contributed by atoms with Gasteiger partial charge in [0.1, 0.15) is 29.8 Å². The first kappa shape index (κ1) is 25.0. The molecule has 1 N–H and O–H groups in total. The Labute approximate surface area is 213 Å². The van der Waals surface area contributed by atoms with Crippen LogP contribution < -0.4 is 10.1 Å². The van der Waals surface area contributed by atoms with Crippen LogP contribution >= 0.6 is 27.7 Å². The van der Waals surface area contributed by atoms with Crippen molar-refractivity contribution in [1.29, 1.82) is 0 Å². The summed E-state index contributed by atoms with van der Waals surface area (Å²) in [6.07, 6.45) is 0. The van der Waals surface area contributed by atoms with Gasteiger partial charge in [0, 0.05) is 17.5 Å². The molecule has 35 heavy (non-hydrogen) atoms. The fraction of sp³-hybridized carbons (Fsp3) is 0.348. The number of esters is 1. The zero-order chi connectivity index (χ0) is 25.2. The number of halogens is 1. The zero-order valence-electron chi connectivity index (χ0n) is 18.6. The lowest BCUT2D eigenvalue weighted by Crippen LogP contribution is -2.71. The van der Waals surface area contributed by atoms with E-state index in [1.807, 2.05) is 13.0 Å². The number of alkyl halides is 1. The van der Waals surface area contributed by atoms with Gasteiger partial charge in [0.25, 0.3) is 11.6 Å². The van der Waals surface area contributed by atoms with E-state index in [4.69, 9.17) is 9.47 Å². The van der Waals surface area contributed by atoms with Crippen LogP contribution in [0.1, 0.15) is 12.5 Å². The molecule has 0 spiro atoms. The van der Waals surface area contributed by atoms with E-state index in [1.54, 1.807) is 24.3 Å². The second-order valence-electron chi connectivity index (χ2n) is 8.28. The van der Waals surface area contributed by atoms with Crippen molar-refractivity contribution in [2.45, 2.75) is 35.7 Å². The molecule has 2 heterocycles. The fourth-order valence-corrected chi connectivity index (χ4v) is 6.26. The molecule has 2 aliphatic rings. The highest BCUT2D eigenvalue weighted by Crippen LogP contribution is 2.52. The third-order valence-electron chi connectivity index (χ3n) is 5.77. The minimum Gasteiger partial charge on any atom is -0.484 e. The molecule has 2 amide bonds. The first-order valence-electron chi connectivity index (χ1n) is 10.7. The van der Waals surface area contributed by atoms with Crippen molar-refractivity contribution in [2.75, 3.05) is 11.9 Å². The molecule has 10 nitrogen and oxygen atoms in total. The zero-order valence-corrected chi connectivity index (χ0v) is 21.0. The number of para-hydroxylation sites is 1. The average Bonchev–Trinajstić information content (AvgIpc) is 3.15. The van der Waals surface area contributed by atoms with Crippen molar-refractivity contribution in [2.24, 2.45) is 0 Å². The predicted octanol–water partition coefficient (Wildman–Crippen LogP) is 2.64. The number of carbonyl (C=O) groups is 3. The Kier molecular flexibility index (Phi) is 7.31. The second-order valence-corrected chi connectivity index (χ2v) is 10.5. The number of carbonyl (C=O) groups excluding carboxylic acids is 3. The van der Waals surface area contributed by atoms with Gasteiger partial charge in [-0.3, -0.25) is 19.7 Å². The Balaban J connectivity index is 1.36. The molecular weight excluding hydrogens is 542 g/mol. The molecule has 0 saturated carbocycles. The Bertz CT molecular complexity index is 1130. The van der Waals surface area contributed by atoms with E-state index >= 15 is 0 Å². The molecule has 2 aliphatic heterocycles. The summed E-state index contributed by atoms with van der Waals surface area (Å²) in [5.74, 6) is -0.831. The highest BCUT2D eigenvalue weighted by atomic mass is 79.9. The number of fused-ring (bicyclic) bond motifs is 1. The van der Waals surface area contributed by atoms with Crippen molar-refractivity contribution >= 4 is 51.2 Å². The minimum absolute atomic E-state index is 0.0598. The molecule has 2 saturated heterocycles. The fourth-order valence-electron chi connectivity index (χ4n) is 3.95. The summed E-state index contributed by atoms with van der Waals surface area (Å²) in [7, 11) is 0. The van der Waals surface area contributed by atoms with Crippen molar-refractivity contribution in [3.8, 4) is 5.75 Å². The van der Waals surface area contributed by atoms with E-state index in [-0.39, 0.29) is 24.8 Å². The minimum atomic E-state index is -0.851. The summed E-state index contributed by atoms with van der Waals surface area (Å²) in [4.78, 5) is 50.1. The second kappa shape index (κ2) is 10.2. The number of rotatable bonds is 9. The molecule has 2 aromatic rings. The lowest BCUT2D eigenvalue weighted by Gasteiger charge is -2.43. The largest absolute Gasteiger partial charge is 0.484 e. The van der Waals surface area contributed by atoms with E-state index in [0.717, 1.165) is 0 Å². The molecule has 0 aliphatic carbocycles. The van der Waals surface area contributed by atoms with Gasteiger partial charge >= 0.3 is 5.97 Å². The first-order chi connectivity index (χ1) is 16.7. The van der Waals surface area contributed by atoms with Crippen LogP contribution in [0.4, 0.5) is 5.69 Å². The van der Waals surface area contributed by atoms with Gasteiger partial charge in [-0.2, -0.15) is 0 Å². The standard InChI is InChI=1S/C23H22BrN3O7S/c1-23(13-24)19(22(30)34-11-14-7-9-15(10-8-14)27(31)32)26-20(29)18(21(26)35-23)25-17(28)12-33-16-5-3-2-4-6-16/h2-10,18-19,21H,11-13H2,1H3,(H,25,28). The Morgan fingerprint density at radius 3 is 2.51 bits per heavy atom. The van der Waals surface area contributed by atoms with Crippen LogP contribution in [0.5, 0.6) is 5.75 Å². The van der Waals surface area contributed by atoms with Gasteiger partial charge in [-0.15, -0.1) is 11.8 Å². The van der Waals surface area contributed by atoms with Gasteiger partial charge in [-0.05, 0) is 36.8 Å². The molecule has 4 rings (SSSR count). The predicted molar refractivity (Wildman–Crippen MR) is 131 cm³/mol. The summed E-state index contributed by atoms with van der Waals surface area (Å²) in [5, 5.41) is 13.5. The van der Waals surface area contributed by atoms with E-state index in [2.05, 4.69) is 21.2 Å². The lowest BCUT2D eigenvalue weighted by atomic mass is 9.96. The maximum atomic E-state index is 13.0. The van der Waals surface area contributed by atoms with Gasteiger partial charge in [0.2, 0.25) is 5.91 Å². The maximum Gasteiger partial charge on any atom is 0.330 e. The van der Waals surface area contributed by atoms with Crippen molar-refractivity contribution < 1.29 is 28.8 Å². The molecule has 4 unspecified atom stereocenters. The van der Waals surface area contributed by atoms with Gasteiger partial charge in [0.15, 0.2) is 6.61 Å². The van der Waals surface area contributed by atoms with E-state index in [9.17, 15) is 24.5 Å². The molecule has 12 heteroatoms. The number of hydrogen-bond acceptors (Lipinski definition) is 8. The number of nitro benzene ring substituents is 1. The van der Waals surface area contributed by atoms with Crippen LogP contribution in [0, 0.1) is 10.1 Å². The van der Waals surface area contributed by atoms with Crippen molar-refractivity contribution in [1.82, 2.24) is 10.2 Å². The number of nitrogens with one attached hydrogen (secondary N) is 1. The smallest absolute Gasteiger partial charge is 0.330 e. The van der Waals surface area contributed by atoms with Crippen LogP contribution in [0.25, 0.3) is 0 Å². The van der Waals surface area contributed by atoms with Crippen LogP contribution in [0.2, 0.25) is 0 Å². The number of nitrogens with zero attached hydrogens (tertiary/aromatic N) is 2. The quantitative estimate of drug-likeness (QED) is 0.162. The lowest BCUT2D eigenvalue weighted by molar-refractivity contribution is -0.384. The Morgan fingerprint density at radius 1 is 1.20 bits per heavy atom. The highest BCUT2D eigenvalue weighted by Gasteiger charge is 2.65. The molecule has 0 radical (unpaired) electrons. The molecule has 4 atom stereocenters. The number of ether oxygens (including phenoxy) is 2. The van der Waals surface area contributed by atoms with E-state index < -0.39 is 39.0 Å². The number of non-ortho nitro benzene ring substituents is 1.